The van der Waals surface area contributed by atoms with Crippen molar-refractivity contribution in [2.24, 2.45) is 17.8 Å². The van der Waals surface area contributed by atoms with Gasteiger partial charge in [0.1, 0.15) is 0 Å². The summed E-state index contributed by atoms with van der Waals surface area (Å²) in [5.41, 5.74) is 0. The summed E-state index contributed by atoms with van der Waals surface area (Å²) >= 11 is 0. The summed E-state index contributed by atoms with van der Waals surface area (Å²) in [6, 6.07) is 0. The third-order valence-corrected chi connectivity index (χ3v) is 3.91. The third-order valence-electron chi connectivity index (χ3n) is 3.91. The van der Waals surface area contributed by atoms with Gasteiger partial charge in [0, 0.05) is 12.3 Å². The summed E-state index contributed by atoms with van der Waals surface area (Å²) < 4.78 is 5.33. The number of ketones is 1. The van der Waals surface area contributed by atoms with E-state index >= 15 is 0 Å². The molecule has 0 amide bonds. The summed E-state index contributed by atoms with van der Waals surface area (Å²) in [5.74, 6) is 2.73. The van der Waals surface area contributed by atoms with Crippen molar-refractivity contribution < 1.29 is 9.53 Å². The van der Waals surface area contributed by atoms with Crippen LogP contribution in [0.1, 0.15) is 32.1 Å². The van der Waals surface area contributed by atoms with E-state index in [1.807, 2.05) is 6.08 Å². The van der Waals surface area contributed by atoms with Gasteiger partial charge in [-0.3, -0.25) is 4.79 Å². The topological polar surface area (TPSA) is 26.3 Å². The molecule has 2 aliphatic carbocycles. The van der Waals surface area contributed by atoms with Gasteiger partial charge in [0.2, 0.25) is 5.78 Å². The maximum atomic E-state index is 12.0. The van der Waals surface area contributed by atoms with Crippen LogP contribution in [-0.4, -0.2) is 12.4 Å². The van der Waals surface area contributed by atoms with Gasteiger partial charge in [0.25, 0.3) is 0 Å². The lowest BCUT2D eigenvalue weighted by molar-refractivity contribution is -0.120. The molecule has 1 heterocycles. The van der Waals surface area contributed by atoms with Gasteiger partial charge in [-0.1, -0.05) is 12.8 Å². The van der Waals surface area contributed by atoms with Crippen molar-refractivity contribution >= 4 is 5.78 Å². The number of fused-ring (bicyclic) bond motifs is 1. The molecule has 0 aromatic heterocycles. The second-order valence-corrected chi connectivity index (χ2v) is 4.71. The minimum atomic E-state index is 0.305. The highest BCUT2D eigenvalue weighted by molar-refractivity contribution is 5.98. The van der Waals surface area contributed by atoms with Gasteiger partial charge in [0.05, 0.1) is 6.61 Å². The normalized spacial score (nSPS) is 39.7. The van der Waals surface area contributed by atoms with Crippen LogP contribution in [0, 0.1) is 17.8 Å². The van der Waals surface area contributed by atoms with E-state index in [-0.39, 0.29) is 0 Å². The first-order valence-electron chi connectivity index (χ1n) is 5.75. The molecule has 0 bridgehead atoms. The molecular weight excluding hydrogens is 176 g/mol. The first-order valence-corrected chi connectivity index (χ1v) is 5.75. The van der Waals surface area contributed by atoms with Gasteiger partial charge < -0.3 is 4.74 Å². The molecule has 2 atom stereocenters. The Morgan fingerprint density at radius 2 is 2.00 bits per heavy atom. The summed E-state index contributed by atoms with van der Waals surface area (Å²) in [6.07, 6.45) is 8.08. The molecule has 0 radical (unpaired) electrons. The first kappa shape index (κ1) is 8.51. The van der Waals surface area contributed by atoms with Crippen molar-refractivity contribution in [2.45, 2.75) is 32.1 Å². The zero-order valence-corrected chi connectivity index (χ0v) is 8.37. The highest BCUT2D eigenvalue weighted by Gasteiger charge is 2.55. The van der Waals surface area contributed by atoms with Gasteiger partial charge in [-0.2, -0.15) is 0 Å². The molecule has 76 valence electrons. The minimum absolute atomic E-state index is 0.305. The van der Waals surface area contributed by atoms with Crippen LogP contribution >= 0.6 is 0 Å². The Morgan fingerprint density at radius 3 is 2.57 bits per heavy atom. The van der Waals surface area contributed by atoms with Gasteiger partial charge >= 0.3 is 0 Å². The molecule has 2 unspecified atom stereocenters. The molecular formula is C12H16O2. The molecule has 2 saturated carbocycles. The van der Waals surface area contributed by atoms with E-state index in [0.29, 0.717) is 35.9 Å². The molecule has 0 saturated heterocycles. The first-order chi connectivity index (χ1) is 6.88. The van der Waals surface area contributed by atoms with Crippen LogP contribution in [0.3, 0.4) is 0 Å². The summed E-state index contributed by atoms with van der Waals surface area (Å²) in [5, 5.41) is 0. The van der Waals surface area contributed by atoms with Crippen LogP contribution in [0.2, 0.25) is 0 Å². The molecule has 0 aromatic carbocycles. The Labute approximate surface area is 84.3 Å². The van der Waals surface area contributed by atoms with Gasteiger partial charge in [0.15, 0.2) is 5.76 Å². The van der Waals surface area contributed by atoms with Crippen molar-refractivity contribution in [3.05, 3.63) is 11.8 Å². The van der Waals surface area contributed by atoms with E-state index in [9.17, 15) is 4.79 Å². The monoisotopic (exact) mass is 192 g/mol. The molecule has 14 heavy (non-hydrogen) atoms. The maximum Gasteiger partial charge on any atom is 0.200 e. The summed E-state index contributed by atoms with van der Waals surface area (Å²) in [6.45, 7) is 0.711. The average Bonchev–Trinajstić information content (AvgIpc) is 2.70. The molecule has 3 aliphatic rings. The lowest BCUT2D eigenvalue weighted by Gasteiger charge is -2.04. The molecule has 0 spiro atoms. The van der Waals surface area contributed by atoms with Crippen molar-refractivity contribution in [3.8, 4) is 0 Å². The summed E-state index contributed by atoms with van der Waals surface area (Å²) in [7, 11) is 0. The smallest absolute Gasteiger partial charge is 0.200 e. The van der Waals surface area contributed by atoms with E-state index < -0.39 is 0 Å². The molecule has 3 rings (SSSR count). The van der Waals surface area contributed by atoms with Crippen molar-refractivity contribution in [1.29, 1.82) is 0 Å². The van der Waals surface area contributed by atoms with Gasteiger partial charge in [-0.25, -0.2) is 0 Å². The zero-order valence-electron chi connectivity index (χ0n) is 8.37. The van der Waals surface area contributed by atoms with Crippen LogP contribution in [0.15, 0.2) is 11.8 Å². The predicted molar refractivity (Wildman–Crippen MR) is 52.6 cm³/mol. The highest BCUT2D eigenvalue weighted by atomic mass is 16.5. The summed E-state index contributed by atoms with van der Waals surface area (Å²) in [4.78, 5) is 12.0. The SMILES string of the molecule is O=C(C1=CCCO1)C1C2CCCCC21. The van der Waals surface area contributed by atoms with Crippen LogP contribution in [0.4, 0.5) is 0 Å². The second kappa shape index (κ2) is 3.11. The van der Waals surface area contributed by atoms with Gasteiger partial charge in [-0.15, -0.1) is 0 Å². The average molecular weight is 192 g/mol. The third kappa shape index (κ3) is 1.20. The zero-order chi connectivity index (χ0) is 9.54. The van der Waals surface area contributed by atoms with Crippen molar-refractivity contribution in [3.63, 3.8) is 0 Å². The highest BCUT2D eigenvalue weighted by Crippen LogP contribution is 2.56. The van der Waals surface area contributed by atoms with Crippen LogP contribution < -0.4 is 0 Å². The number of hydrogen-bond donors (Lipinski definition) is 0. The fraction of sp³-hybridized carbons (Fsp3) is 0.750. The van der Waals surface area contributed by atoms with Crippen molar-refractivity contribution in [2.75, 3.05) is 6.61 Å². The Kier molecular flexibility index (Phi) is 1.89. The number of hydrogen-bond acceptors (Lipinski definition) is 2. The number of rotatable bonds is 2. The predicted octanol–water partition coefficient (Wildman–Crippen LogP) is 2.30. The molecule has 2 nitrogen and oxygen atoms in total. The van der Waals surface area contributed by atoms with E-state index in [1.54, 1.807) is 0 Å². The van der Waals surface area contributed by atoms with Crippen LogP contribution in [0.5, 0.6) is 0 Å². The molecule has 0 N–H and O–H groups in total. The van der Waals surface area contributed by atoms with Gasteiger partial charge in [-0.05, 0) is 30.8 Å². The van der Waals surface area contributed by atoms with E-state index in [0.717, 1.165) is 6.42 Å². The minimum Gasteiger partial charge on any atom is -0.490 e. The molecule has 1 aliphatic heterocycles. The fourth-order valence-corrected chi connectivity index (χ4v) is 3.14. The lowest BCUT2D eigenvalue weighted by atomic mass is 10.0. The standard InChI is InChI=1S/C12H16O2/c13-12(10-6-3-7-14-10)11-8-4-1-2-5-9(8)11/h6,8-9,11H,1-5,7H2. The largest absolute Gasteiger partial charge is 0.490 e. The van der Waals surface area contributed by atoms with Crippen LogP contribution in [0.25, 0.3) is 0 Å². The fourth-order valence-electron chi connectivity index (χ4n) is 3.14. The quantitative estimate of drug-likeness (QED) is 0.671. The molecule has 2 heteroatoms. The Morgan fingerprint density at radius 1 is 1.29 bits per heavy atom. The number of Topliss-reactive ketones (excluding diaryl/α,β-unsaturated/α-hetero) is 1. The Hall–Kier alpha value is -0.790. The van der Waals surface area contributed by atoms with E-state index in [2.05, 4.69) is 0 Å². The van der Waals surface area contributed by atoms with Crippen LogP contribution in [-0.2, 0) is 9.53 Å². The number of allylic oxidation sites excluding steroid dienone is 1. The Balaban J connectivity index is 1.69. The van der Waals surface area contributed by atoms with E-state index in [4.69, 9.17) is 4.74 Å². The maximum absolute atomic E-state index is 12.0. The number of carbonyl (C=O) groups excluding carboxylic acids is 1. The number of ether oxygens (including phenoxy) is 1. The van der Waals surface area contributed by atoms with E-state index in [1.165, 1.54) is 25.7 Å². The Bertz CT molecular complexity index is 281. The second-order valence-electron chi connectivity index (χ2n) is 4.71. The molecule has 2 fully saturated rings. The van der Waals surface area contributed by atoms with Crippen molar-refractivity contribution in [1.82, 2.24) is 0 Å². The lowest BCUT2D eigenvalue weighted by Crippen LogP contribution is -2.07. The molecule has 0 aromatic rings. The number of carbonyl (C=O) groups is 1.